The second kappa shape index (κ2) is 7.64. The van der Waals surface area contributed by atoms with Gasteiger partial charge in [0.25, 0.3) is 0 Å². The fourth-order valence-electron chi connectivity index (χ4n) is 2.12. The van der Waals surface area contributed by atoms with Gasteiger partial charge in [0.2, 0.25) is 0 Å². The molecule has 0 aromatic rings. The zero-order chi connectivity index (χ0) is 11.1. The number of rotatable bonds is 7. The van der Waals surface area contributed by atoms with E-state index in [1.165, 1.54) is 32.1 Å². The van der Waals surface area contributed by atoms with Crippen LogP contribution >= 0.6 is 15.9 Å². The molecular formula is C12H24BrNO. The molecule has 1 aliphatic rings. The lowest BCUT2D eigenvalue weighted by Gasteiger charge is -2.15. The molecule has 1 heterocycles. The molecule has 15 heavy (non-hydrogen) atoms. The van der Waals surface area contributed by atoms with E-state index in [2.05, 4.69) is 35.1 Å². The first-order chi connectivity index (χ1) is 7.18. The summed E-state index contributed by atoms with van der Waals surface area (Å²) in [5.41, 5.74) is 0. The number of ether oxygens (including phenoxy) is 1. The Labute approximate surface area is 102 Å². The topological polar surface area (TPSA) is 21.3 Å². The molecule has 0 saturated carbocycles. The average Bonchev–Trinajstić information content (AvgIpc) is 2.63. The Balaban J connectivity index is 1.91. The molecule has 2 nitrogen and oxygen atoms in total. The van der Waals surface area contributed by atoms with Crippen molar-refractivity contribution in [1.82, 2.24) is 5.32 Å². The third-order valence-corrected chi connectivity index (χ3v) is 3.27. The fourth-order valence-corrected chi connectivity index (χ4v) is 2.68. The van der Waals surface area contributed by atoms with E-state index in [-0.39, 0.29) is 0 Å². The van der Waals surface area contributed by atoms with Crippen molar-refractivity contribution in [3.05, 3.63) is 0 Å². The number of hydrogen-bond donors (Lipinski definition) is 1. The van der Waals surface area contributed by atoms with Crippen molar-refractivity contribution in [3.8, 4) is 0 Å². The maximum Gasteiger partial charge on any atom is 0.0576 e. The van der Waals surface area contributed by atoms with Gasteiger partial charge in [-0.15, -0.1) is 0 Å². The van der Waals surface area contributed by atoms with Crippen molar-refractivity contribution in [2.75, 3.05) is 13.2 Å². The van der Waals surface area contributed by atoms with Crippen LogP contribution in [0.15, 0.2) is 0 Å². The Kier molecular flexibility index (Phi) is 6.86. The summed E-state index contributed by atoms with van der Waals surface area (Å²) in [5.74, 6) is 0. The highest BCUT2D eigenvalue weighted by molar-refractivity contribution is 9.09. The molecular weight excluding hydrogens is 254 g/mol. The van der Waals surface area contributed by atoms with Crippen LogP contribution in [0, 0.1) is 0 Å². The SMILES string of the molecule is CC(Br)CC(C)NCCCC1CCCO1. The van der Waals surface area contributed by atoms with Crippen LogP contribution in [0.4, 0.5) is 0 Å². The smallest absolute Gasteiger partial charge is 0.0576 e. The van der Waals surface area contributed by atoms with Gasteiger partial charge in [-0.25, -0.2) is 0 Å². The van der Waals surface area contributed by atoms with E-state index in [0.717, 1.165) is 13.2 Å². The van der Waals surface area contributed by atoms with Gasteiger partial charge in [0.15, 0.2) is 0 Å². The third-order valence-electron chi connectivity index (χ3n) is 2.90. The van der Waals surface area contributed by atoms with Crippen molar-refractivity contribution in [1.29, 1.82) is 0 Å². The van der Waals surface area contributed by atoms with Gasteiger partial charge < -0.3 is 10.1 Å². The molecule has 0 radical (unpaired) electrons. The first-order valence-electron chi connectivity index (χ1n) is 6.17. The van der Waals surface area contributed by atoms with E-state index < -0.39 is 0 Å². The lowest BCUT2D eigenvalue weighted by atomic mass is 10.1. The van der Waals surface area contributed by atoms with Crippen LogP contribution in [0.1, 0.15) is 46.0 Å². The fraction of sp³-hybridized carbons (Fsp3) is 1.00. The summed E-state index contributed by atoms with van der Waals surface area (Å²) in [4.78, 5) is 0.609. The Hall–Kier alpha value is 0.400. The molecule has 3 atom stereocenters. The van der Waals surface area contributed by atoms with Crippen molar-refractivity contribution in [2.24, 2.45) is 0 Å². The molecule has 0 aromatic carbocycles. The van der Waals surface area contributed by atoms with Gasteiger partial charge in [-0.1, -0.05) is 22.9 Å². The van der Waals surface area contributed by atoms with Gasteiger partial charge in [0, 0.05) is 17.5 Å². The van der Waals surface area contributed by atoms with Crippen molar-refractivity contribution >= 4 is 15.9 Å². The highest BCUT2D eigenvalue weighted by Crippen LogP contribution is 2.16. The normalized spacial score (nSPS) is 25.4. The van der Waals surface area contributed by atoms with Gasteiger partial charge in [0.1, 0.15) is 0 Å². The second-order valence-electron chi connectivity index (χ2n) is 4.65. The zero-order valence-electron chi connectivity index (χ0n) is 9.97. The minimum Gasteiger partial charge on any atom is -0.378 e. The summed E-state index contributed by atoms with van der Waals surface area (Å²) in [7, 11) is 0. The molecule has 1 fully saturated rings. The molecule has 1 saturated heterocycles. The van der Waals surface area contributed by atoms with Gasteiger partial charge >= 0.3 is 0 Å². The minimum atomic E-state index is 0.553. The van der Waals surface area contributed by atoms with E-state index in [9.17, 15) is 0 Å². The molecule has 0 aliphatic carbocycles. The molecule has 1 aliphatic heterocycles. The van der Waals surface area contributed by atoms with Gasteiger partial charge in [-0.3, -0.25) is 0 Å². The molecule has 0 spiro atoms. The number of hydrogen-bond acceptors (Lipinski definition) is 2. The lowest BCUT2D eigenvalue weighted by Crippen LogP contribution is -2.29. The van der Waals surface area contributed by atoms with E-state index >= 15 is 0 Å². The van der Waals surface area contributed by atoms with Crippen molar-refractivity contribution in [2.45, 2.75) is 62.9 Å². The third kappa shape index (κ3) is 6.54. The Morgan fingerprint density at radius 3 is 2.87 bits per heavy atom. The summed E-state index contributed by atoms with van der Waals surface area (Å²) in [5, 5.41) is 3.55. The monoisotopic (exact) mass is 277 g/mol. The van der Waals surface area contributed by atoms with E-state index in [0.29, 0.717) is 17.0 Å². The van der Waals surface area contributed by atoms with Crippen LogP contribution < -0.4 is 5.32 Å². The predicted molar refractivity (Wildman–Crippen MR) is 68.7 cm³/mol. The zero-order valence-corrected chi connectivity index (χ0v) is 11.6. The summed E-state index contributed by atoms with van der Waals surface area (Å²) in [6.07, 6.45) is 6.75. The molecule has 1 N–H and O–H groups in total. The number of alkyl halides is 1. The van der Waals surface area contributed by atoms with Gasteiger partial charge in [-0.2, -0.15) is 0 Å². The number of nitrogens with one attached hydrogen (secondary N) is 1. The largest absolute Gasteiger partial charge is 0.378 e. The van der Waals surface area contributed by atoms with Crippen LogP contribution in [0.25, 0.3) is 0 Å². The van der Waals surface area contributed by atoms with Crippen LogP contribution in [0.3, 0.4) is 0 Å². The Morgan fingerprint density at radius 1 is 1.47 bits per heavy atom. The number of halogens is 1. The second-order valence-corrected chi connectivity index (χ2v) is 6.21. The molecule has 1 rings (SSSR count). The molecule has 0 amide bonds. The molecule has 3 heteroatoms. The molecule has 0 aromatic heterocycles. The minimum absolute atomic E-state index is 0.553. The van der Waals surface area contributed by atoms with Crippen molar-refractivity contribution in [3.63, 3.8) is 0 Å². The maximum atomic E-state index is 5.59. The molecule has 90 valence electrons. The first-order valence-corrected chi connectivity index (χ1v) is 7.09. The molecule has 3 unspecified atom stereocenters. The van der Waals surface area contributed by atoms with E-state index in [1.54, 1.807) is 0 Å². The first kappa shape index (κ1) is 13.5. The summed E-state index contributed by atoms with van der Waals surface area (Å²) in [6, 6.07) is 0.615. The van der Waals surface area contributed by atoms with E-state index in [1.807, 2.05) is 0 Å². The Bertz CT molecular complexity index is 158. The summed E-state index contributed by atoms with van der Waals surface area (Å²) in [6.45, 7) is 6.56. The summed E-state index contributed by atoms with van der Waals surface area (Å²) >= 11 is 3.58. The quantitative estimate of drug-likeness (QED) is 0.571. The lowest BCUT2D eigenvalue weighted by molar-refractivity contribution is 0.102. The summed E-state index contributed by atoms with van der Waals surface area (Å²) < 4.78 is 5.59. The van der Waals surface area contributed by atoms with Gasteiger partial charge in [-0.05, 0) is 45.6 Å². The van der Waals surface area contributed by atoms with Gasteiger partial charge in [0.05, 0.1) is 6.10 Å². The van der Waals surface area contributed by atoms with Crippen LogP contribution in [-0.4, -0.2) is 30.1 Å². The predicted octanol–water partition coefficient (Wildman–Crippen LogP) is 3.10. The van der Waals surface area contributed by atoms with Crippen LogP contribution in [-0.2, 0) is 4.74 Å². The standard InChI is InChI=1S/C12H24BrNO/c1-10(13)9-11(2)14-7-3-5-12-6-4-8-15-12/h10-12,14H,3-9H2,1-2H3. The highest BCUT2D eigenvalue weighted by atomic mass is 79.9. The highest BCUT2D eigenvalue weighted by Gasteiger charge is 2.14. The molecule has 0 bridgehead atoms. The van der Waals surface area contributed by atoms with E-state index in [4.69, 9.17) is 4.74 Å². The Morgan fingerprint density at radius 2 is 2.27 bits per heavy atom. The van der Waals surface area contributed by atoms with Crippen molar-refractivity contribution < 1.29 is 4.74 Å². The average molecular weight is 278 g/mol. The van der Waals surface area contributed by atoms with Crippen LogP contribution in [0.2, 0.25) is 0 Å². The van der Waals surface area contributed by atoms with Crippen LogP contribution in [0.5, 0.6) is 0 Å². The maximum absolute atomic E-state index is 5.59.